The first-order valence-electron chi connectivity index (χ1n) is 7.32. The summed E-state index contributed by atoms with van der Waals surface area (Å²) in [4.78, 5) is 11.8. The molecular weight excluding hydrogens is 252 g/mol. The molecule has 2 rings (SSSR count). The van der Waals surface area contributed by atoms with E-state index in [4.69, 9.17) is 4.74 Å². The summed E-state index contributed by atoms with van der Waals surface area (Å²) in [6.45, 7) is 3.36. The Labute approximate surface area is 120 Å². The lowest BCUT2D eigenvalue weighted by Crippen LogP contribution is -2.23. The van der Waals surface area contributed by atoms with E-state index in [1.807, 2.05) is 18.2 Å². The highest BCUT2D eigenvalue weighted by Gasteiger charge is 2.15. The molecule has 110 valence electrons. The van der Waals surface area contributed by atoms with Gasteiger partial charge in [0.1, 0.15) is 0 Å². The van der Waals surface area contributed by atoms with Crippen LogP contribution in [0.15, 0.2) is 24.3 Å². The zero-order chi connectivity index (χ0) is 14.2. The zero-order valence-electron chi connectivity index (χ0n) is 12.2. The van der Waals surface area contributed by atoms with E-state index in [0.717, 1.165) is 30.6 Å². The topological polar surface area (TPSA) is 50.4 Å². The molecule has 1 fully saturated rings. The van der Waals surface area contributed by atoms with Crippen molar-refractivity contribution >= 4 is 5.91 Å². The van der Waals surface area contributed by atoms with Crippen LogP contribution in [0.5, 0.6) is 0 Å². The molecule has 1 aromatic carbocycles. The summed E-state index contributed by atoms with van der Waals surface area (Å²) >= 11 is 0. The van der Waals surface area contributed by atoms with Gasteiger partial charge in [0.15, 0.2) is 0 Å². The number of ether oxygens (including phenoxy) is 1. The van der Waals surface area contributed by atoms with Crippen molar-refractivity contribution < 1.29 is 9.53 Å². The molecule has 1 aromatic rings. The summed E-state index contributed by atoms with van der Waals surface area (Å²) < 4.78 is 5.11. The lowest BCUT2D eigenvalue weighted by atomic mass is 10.0. The van der Waals surface area contributed by atoms with Gasteiger partial charge < -0.3 is 15.4 Å². The summed E-state index contributed by atoms with van der Waals surface area (Å²) in [5.74, 6) is 0.819. The van der Waals surface area contributed by atoms with Gasteiger partial charge in [-0.2, -0.15) is 0 Å². The molecule has 0 spiro atoms. The van der Waals surface area contributed by atoms with Crippen LogP contribution in [0.4, 0.5) is 0 Å². The predicted molar refractivity (Wildman–Crippen MR) is 79.2 cm³/mol. The van der Waals surface area contributed by atoms with Crippen molar-refractivity contribution in [2.75, 3.05) is 20.2 Å². The third-order valence-corrected chi connectivity index (χ3v) is 3.73. The maximum absolute atomic E-state index is 11.8. The number of hydrogen-bond donors (Lipinski definition) is 2. The molecule has 1 amide bonds. The predicted octanol–water partition coefficient (Wildman–Crippen LogP) is 1.84. The van der Waals surface area contributed by atoms with Crippen molar-refractivity contribution in [1.29, 1.82) is 0 Å². The standard InChI is InChI=1S/C16H24N2O2/c1-20-12-15-4-2-3-14(9-15)11-18-16(19)6-5-13-7-8-17-10-13/h2-4,9,13,17H,5-8,10-12H2,1H3,(H,18,19). The monoisotopic (exact) mass is 276 g/mol. The molecule has 0 aliphatic carbocycles. The normalized spacial score (nSPS) is 18.1. The fraction of sp³-hybridized carbons (Fsp3) is 0.562. The van der Waals surface area contributed by atoms with Crippen molar-refractivity contribution in [2.24, 2.45) is 5.92 Å². The molecule has 1 heterocycles. The zero-order valence-corrected chi connectivity index (χ0v) is 12.2. The quantitative estimate of drug-likeness (QED) is 0.799. The maximum Gasteiger partial charge on any atom is 0.220 e. The first kappa shape index (κ1) is 15.0. The van der Waals surface area contributed by atoms with Gasteiger partial charge in [-0.05, 0) is 43.0 Å². The highest BCUT2D eigenvalue weighted by Crippen LogP contribution is 2.14. The van der Waals surface area contributed by atoms with Crippen LogP contribution in [0, 0.1) is 5.92 Å². The summed E-state index contributed by atoms with van der Waals surface area (Å²) in [5.41, 5.74) is 2.26. The molecule has 0 radical (unpaired) electrons. The lowest BCUT2D eigenvalue weighted by Gasteiger charge is -2.09. The van der Waals surface area contributed by atoms with Crippen LogP contribution >= 0.6 is 0 Å². The molecule has 4 nitrogen and oxygen atoms in total. The average molecular weight is 276 g/mol. The summed E-state index contributed by atoms with van der Waals surface area (Å²) in [6, 6.07) is 8.13. The number of methoxy groups -OCH3 is 1. The number of nitrogens with one attached hydrogen (secondary N) is 2. The highest BCUT2D eigenvalue weighted by atomic mass is 16.5. The number of hydrogen-bond acceptors (Lipinski definition) is 3. The molecule has 0 bridgehead atoms. The smallest absolute Gasteiger partial charge is 0.220 e. The number of carbonyl (C=O) groups excluding carboxylic acids is 1. The largest absolute Gasteiger partial charge is 0.380 e. The van der Waals surface area contributed by atoms with Crippen LogP contribution in [0.2, 0.25) is 0 Å². The van der Waals surface area contributed by atoms with Crippen molar-refractivity contribution in [1.82, 2.24) is 10.6 Å². The number of benzene rings is 1. The summed E-state index contributed by atoms with van der Waals surface area (Å²) in [7, 11) is 1.69. The van der Waals surface area contributed by atoms with Gasteiger partial charge in [0.05, 0.1) is 6.61 Å². The minimum absolute atomic E-state index is 0.147. The number of amides is 1. The molecule has 1 saturated heterocycles. The number of carbonyl (C=O) groups is 1. The molecule has 1 aliphatic heterocycles. The molecule has 1 unspecified atom stereocenters. The second-order valence-electron chi connectivity index (χ2n) is 5.43. The molecule has 1 aliphatic rings. The van der Waals surface area contributed by atoms with Gasteiger partial charge in [-0.1, -0.05) is 24.3 Å². The van der Waals surface area contributed by atoms with E-state index in [9.17, 15) is 4.79 Å². The van der Waals surface area contributed by atoms with E-state index < -0.39 is 0 Å². The Bertz CT molecular complexity index is 428. The lowest BCUT2D eigenvalue weighted by molar-refractivity contribution is -0.121. The van der Waals surface area contributed by atoms with Crippen LogP contribution in [0.3, 0.4) is 0 Å². The number of rotatable bonds is 7. The van der Waals surface area contributed by atoms with Gasteiger partial charge in [-0.3, -0.25) is 4.79 Å². The fourth-order valence-electron chi connectivity index (χ4n) is 2.58. The van der Waals surface area contributed by atoms with E-state index in [1.54, 1.807) is 7.11 Å². The van der Waals surface area contributed by atoms with Crippen LogP contribution in [0.1, 0.15) is 30.4 Å². The second kappa shape index (κ2) is 8.02. The fourth-order valence-corrected chi connectivity index (χ4v) is 2.58. The van der Waals surface area contributed by atoms with Crippen molar-refractivity contribution in [3.63, 3.8) is 0 Å². The Hall–Kier alpha value is -1.39. The van der Waals surface area contributed by atoms with Gasteiger partial charge in [0.2, 0.25) is 5.91 Å². The highest BCUT2D eigenvalue weighted by molar-refractivity contribution is 5.75. The Morgan fingerprint density at radius 3 is 3.05 bits per heavy atom. The van der Waals surface area contributed by atoms with Crippen molar-refractivity contribution in [3.8, 4) is 0 Å². The van der Waals surface area contributed by atoms with Gasteiger partial charge >= 0.3 is 0 Å². The van der Waals surface area contributed by atoms with Crippen molar-refractivity contribution in [3.05, 3.63) is 35.4 Å². The van der Waals surface area contributed by atoms with E-state index >= 15 is 0 Å². The molecule has 0 aromatic heterocycles. The van der Waals surface area contributed by atoms with Gasteiger partial charge in [-0.15, -0.1) is 0 Å². The Morgan fingerprint density at radius 2 is 2.30 bits per heavy atom. The van der Waals surface area contributed by atoms with Crippen LogP contribution < -0.4 is 10.6 Å². The first-order valence-corrected chi connectivity index (χ1v) is 7.32. The van der Waals surface area contributed by atoms with Gasteiger partial charge in [0, 0.05) is 20.1 Å². The minimum Gasteiger partial charge on any atom is -0.380 e. The maximum atomic E-state index is 11.8. The third-order valence-electron chi connectivity index (χ3n) is 3.73. The molecule has 0 saturated carbocycles. The first-order chi connectivity index (χ1) is 9.78. The molecule has 4 heteroatoms. The molecule has 20 heavy (non-hydrogen) atoms. The second-order valence-corrected chi connectivity index (χ2v) is 5.43. The minimum atomic E-state index is 0.147. The van der Waals surface area contributed by atoms with Crippen LogP contribution in [-0.4, -0.2) is 26.1 Å². The summed E-state index contributed by atoms with van der Waals surface area (Å²) in [5, 5.41) is 6.32. The Kier molecular flexibility index (Phi) is 6.02. The van der Waals surface area contributed by atoms with E-state index in [-0.39, 0.29) is 5.91 Å². The van der Waals surface area contributed by atoms with E-state index in [1.165, 1.54) is 6.42 Å². The molecule has 2 N–H and O–H groups in total. The SMILES string of the molecule is COCc1cccc(CNC(=O)CCC2CCNC2)c1. The van der Waals surface area contributed by atoms with Gasteiger partial charge in [-0.25, -0.2) is 0 Å². The van der Waals surface area contributed by atoms with E-state index in [2.05, 4.69) is 16.7 Å². The van der Waals surface area contributed by atoms with Crippen LogP contribution in [-0.2, 0) is 22.7 Å². The summed E-state index contributed by atoms with van der Waals surface area (Å²) in [6.07, 6.45) is 2.82. The van der Waals surface area contributed by atoms with E-state index in [0.29, 0.717) is 25.5 Å². The Morgan fingerprint density at radius 1 is 1.45 bits per heavy atom. The van der Waals surface area contributed by atoms with Crippen LogP contribution in [0.25, 0.3) is 0 Å². The molecule has 1 atom stereocenters. The third kappa shape index (κ3) is 4.94. The Balaban J connectivity index is 1.70. The average Bonchev–Trinajstić information content (AvgIpc) is 2.97. The molecular formula is C16H24N2O2. The van der Waals surface area contributed by atoms with Crippen molar-refractivity contribution in [2.45, 2.75) is 32.4 Å². The van der Waals surface area contributed by atoms with Gasteiger partial charge in [0.25, 0.3) is 0 Å².